The summed E-state index contributed by atoms with van der Waals surface area (Å²) < 4.78 is 6.59. The van der Waals surface area contributed by atoms with Crippen LogP contribution < -0.4 is 4.74 Å². The highest BCUT2D eigenvalue weighted by molar-refractivity contribution is 9.10. The van der Waals surface area contributed by atoms with Crippen LogP contribution in [0.1, 0.15) is 5.56 Å². The Bertz CT molecular complexity index is 743. The molecule has 2 heterocycles. The van der Waals surface area contributed by atoms with E-state index in [1.54, 1.807) is 12.4 Å². The lowest BCUT2D eigenvalue weighted by molar-refractivity contribution is 0.458. The second kappa shape index (κ2) is 4.97. The van der Waals surface area contributed by atoms with Crippen LogP contribution in [0, 0.1) is 6.92 Å². The van der Waals surface area contributed by atoms with Crippen molar-refractivity contribution in [1.29, 1.82) is 0 Å². The second-order valence-corrected chi connectivity index (χ2v) is 5.12. The van der Waals surface area contributed by atoms with E-state index in [0.717, 1.165) is 20.9 Å². The molecule has 0 bridgehead atoms. The molecule has 3 rings (SSSR count). The van der Waals surface area contributed by atoms with Crippen molar-refractivity contribution >= 4 is 26.8 Å². The molecular weight excluding hydrogens is 304 g/mol. The minimum Gasteiger partial charge on any atom is -0.436 e. The zero-order chi connectivity index (χ0) is 13.2. The predicted octanol–water partition coefficient (Wildman–Crippen LogP) is 4.49. The third kappa shape index (κ3) is 2.58. The Morgan fingerprint density at radius 3 is 2.74 bits per heavy atom. The maximum atomic E-state index is 5.75. The molecule has 0 spiro atoms. The van der Waals surface area contributed by atoms with Gasteiger partial charge in [-0.05, 0) is 46.6 Å². The number of hydrogen-bond donors (Lipinski definition) is 0. The zero-order valence-corrected chi connectivity index (χ0v) is 11.9. The first kappa shape index (κ1) is 12.1. The van der Waals surface area contributed by atoms with Crippen LogP contribution in [-0.2, 0) is 0 Å². The molecule has 1 aromatic carbocycles. The van der Waals surface area contributed by atoms with Crippen LogP contribution in [0.5, 0.6) is 11.6 Å². The summed E-state index contributed by atoms with van der Waals surface area (Å²) in [7, 11) is 0. The summed E-state index contributed by atoms with van der Waals surface area (Å²) in [6.45, 7) is 1.99. The first-order chi connectivity index (χ1) is 9.22. The van der Waals surface area contributed by atoms with Crippen molar-refractivity contribution in [2.45, 2.75) is 6.92 Å². The highest BCUT2D eigenvalue weighted by Gasteiger charge is 2.05. The van der Waals surface area contributed by atoms with Gasteiger partial charge in [-0.1, -0.05) is 18.2 Å². The fourth-order valence-electron chi connectivity index (χ4n) is 1.81. The number of ether oxygens (including phenoxy) is 1. The van der Waals surface area contributed by atoms with Crippen LogP contribution in [0.3, 0.4) is 0 Å². The van der Waals surface area contributed by atoms with Crippen molar-refractivity contribution in [3.05, 3.63) is 58.8 Å². The van der Waals surface area contributed by atoms with Crippen molar-refractivity contribution in [2.75, 3.05) is 0 Å². The Morgan fingerprint density at radius 1 is 1.05 bits per heavy atom. The van der Waals surface area contributed by atoms with Gasteiger partial charge in [0.2, 0.25) is 5.88 Å². The van der Waals surface area contributed by atoms with Crippen LogP contribution in [-0.4, -0.2) is 9.97 Å². The number of pyridine rings is 2. The number of aromatic nitrogens is 2. The molecule has 0 N–H and O–H groups in total. The average molecular weight is 315 g/mol. The molecule has 0 fully saturated rings. The van der Waals surface area contributed by atoms with Gasteiger partial charge in [-0.25, -0.2) is 4.98 Å². The van der Waals surface area contributed by atoms with E-state index in [-0.39, 0.29) is 0 Å². The van der Waals surface area contributed by atoms with E-state index in [0.29, 0.717) is 11.6 Å². The average Bonchev–Trinajstić information content (AvgIpc) is 2.42. The summed E-state index contributed by atoms with van der Waals surface area (Å²) in [5, 5.41) is 1.04. The minimum atomic E-state index is 0.544. The third-order valence-electron chi connectivity index (χ3n) is 2.72. The molecule has 0 saturated heterocycles. The molecule has 0 atom stereocenters. The van der Waals surface area contributed by atoms with Gasteiger partial charge in [0.15, 0.2) is 0 Å². The van der Waals surface area contributed by atoms with Gasteiger partial charge >= 0.3 is 0 Å². The second-order valence-electron chi connectivity index (χ2n) is 4.27. The molecule has 0 saturated carbocycles. The van der Waals surface area contributed by atoms with Crippen LogP contribution in [0.15, 0.2) is 53.3 Å². The molecule has 0 aliphatic heterocycles. The maximum absolute atomic E-state index is 5.75. The van der Waals surface area contributed by atoms with Gasteiger partial charge in [0.25, 0.3) is 0 Å². The van der Waals surface area contributed by atoms with Gasteiger partial charge in [-0.2, -0.15) is 0 Å². The summed E-state index contributed by atoms with van der Waals surface area (Å²) >= 11 is 3.45. The normalized spacial score (nSPS) is 10.6. The molecule has 0 aliphatic rings. The lowest BCUT2D eigenvalue weighted by atomic mass is 10.2. The van der Waals surface area contributed by atoms with Gasteiger partial charge in [0.1, 0.15) is 5.75 Å². The fourth-order valence-corrected chi connectivity index (χ4v) is 2.36. The molecule has 94 valence electrons. The highest BCUT2D eigenvalue weighted by atomic mass is 79.9. The Kier molecular flexibility index (Phi) is 3.17. The summed E-state index contributed by atoms with van der Waals surface area (Å²) in [5.74, 6) is 1.22. The van der Waals surface area contributed by atoms with Crippen molar-refractivity contribution in [2.24, 2.45) is 0 Å². The van der Waals surface area contributed by atoms with Gasteiger partial charge in [-0.15, -0.1) is 0 Å². The molecule has 3 aromatic rings. The molecule has 0 unspecified atom stereocenters. The van der Waals surface area contributed by atoms with Crippen molar-refractivity contribution in [3.8, 4) is 11.6 Å². The number of aryl methyl sites for hydroxylation is 1. The van der Waals surface area contributed by atoms with Crippen molar-refractivity contribution < 1.29 is 4.74 Å². The van der Waals surface area contributed by atoms with Crippen LogP contribution in [0.2, 0.25) is 0 Å². The monoisotopic (exact) mass is 314 g/mol. The molecule has 2 aromatic heterocycles. The van der Waals surface area contributed by atoms with E-state index < -0.39 is 0 Å². The largest absolute Gasteiger partial charge is 0.436 e. The van der Waals surface area contributed by atoms with Crippen LogP contribution in [0.25, 0.3) is 10.9 Å². The smallest absolute Gasteiger partial charge is 0.233 e. The van der Waals surface area contributed by atoms with E-state index in [4.69, 9.17) is 4.74 Å². The zero-order valence-electron chi connectivity index (χ0n) is 10.3. The SMILES string of the molecule is Cc1cnc(Oc2cnc3ccccc3c2)c(Br)c1. The predicted molar refractivity (Wildman–Crippen MR) is 78.5 cm³/mol. The van der Waals surface area contributed by atoms with Crippen molar-refractivity contribution in [3.63, 3.8) is 0 Å². The van der Waals surface area contributed by atoms with Gasteiger partial charge in [0, 0.05) is 11.6 Å². The molecule has 19 heavy (non-hydrogen) atoms. The van der Waals surface area contributed by atoms with E-state index in [2.05, 4.69) is 25.9 Å². The number of para-hydroxylation sites is 1. The summed E-state index contributed by atoms with van der Waals surface area (Å²) in [6.07, 6.45) is 3.48. The summed E-state index contributed by atoms with van der Waals surface area (Å²) in [6, 6.07) is 11.8. The Labute approximate surface area is 119 Å². The van der Waals surface area contributed by atoms with Gasteiger partial charge < -0.3 is 4.74 Å². The number of fused-ring (bicyclic) bond motifs is 1. The lowest BCUT2D eigenvalue weighted by Crippen LogP contribution is -1.91. The maximum Gasteiger partial charge on any atom is 0.233 e. The molecular formula is C15H11BrN2O. The third-order valence-corrected chi connectivity index (χ3v) is 3.29. The quantitative estimate of drug-likeness (QED) is 0.699. The van der Waals surface area contributed by atoms with E-state index >= 15 is 0 Å². The lowest BCUT2D eigenvalue weighted by Gasteiger charge is -2.07. The van der Waals surface area contributed by atoms with Gasteiger partial charge in [0.05, 0.1) is 16.2 Å². The molecule has 0 amide bonds. The number of halogens is 1. The molecule has 0 radical (unpaired) electrons. The first-order valence-electron chi connectivity index (χ1n) is 5.87. The number of hydrogen-bond acceptors (Lipinski definition) is 3. The van der Waals surface area contributed by atoms with Crippen LogP contribution >= 0.6 is 15.9 Å². The van der Waals surface area contributed by atoms with Crippen LogP contribution in [0.4, 0.5) is 0 Å². The Hall–Kier alpha value is -1.94. The molecule has 3 nitrogen and oxygen atoms in total. The minimum absolute atomic E-state index is 0.544. The number of benzene rings is 1. The molecule has 0 aliphatic carbocycles. The van der Waals surface area contributed by atoms with E-state index in [1.807, 2.05) is 43.3 Å². The standard InChI is InChI=1S/C15H11BrN2O/c1-10-6-13(16)15(18-8-10)19-12-7-11-4-2-3-5-14(11)17-9-12/h2-9H,1H3. The highest BCUT2D eigenvalue weighted by Crippen LogP contribution is 2.28. The summed E-state index contributed by atoms with van der Waals surface area (Å²) in [4.78, 5) is 8.61. The fraction of sp³-hybridized carbons (Fsp3) is 0.0667. The Morgan fingerprint density at radius 2 is 1.89 bits per heavy atom. The topological polar surface area (TPSA) is 35.0 Å². The Balaban J connectivity index is 1.96. The van der Waals surface area contributed by atoms with Gasteiger partial charge in [-0.3, -0.25) is 4.98 Å². The van der Waals surface area contributed by atoms with E-state index in [1.165, 1.54) is 0 Å². The van der Waals surface area contributed by atoms with E-state index in [9.17, 15) is 0 Å². The molecule has 4 heteroatoms. The van der Waals surface area contributed by atoms with Crippen molar-refractivity contribution in [1.82, 2.24) is 9.97 Å². The first-order valence-corrected chi connectivity index (χ1v) is 6.66. The number of rotatable bonds is 2. The number of nitrogens with zero attached hydrogens (tertiary/aromatic N) is 2. The summed E-state index contributed by atoms with van der Waals surface area (Å²) in [5.41, 5.74) is 2.03.